The van der Waals surface area contributed by atoms with Crippen LogP contribution in [0.2, 0.25) is 5.02 Å². The lowest BCUT2D eigenvalue weighted by Crippen LogP contribution is -2.53. The summed E-state index contributed by atoms with van der Waals surface area (Å²) in [5.74, 6) is 0.513. The smallest absolute Gasteiger partial charge is 0.0863 e. The third-order valence-electron chi connectivity index (χ3n) is 3.60. The number of hydrogen-bond donors (Lipinski definition) is 0. The van der Waals surface area contributed by atoms with Gasteiger partial charge in [0.25, 0.3) is 0 Å². The monoisotopic (exact) mass is 319 g/mol. The fraction of sp³-hybridized carbons (Fsp3) is 0.786. The highest BCUT2D eigenvalue weighted by Gasteiger charge is 2.33. The Morgan fingerprint density at radius 1 is 1.45 bits per heavy atom. The largest absolute Gasteiger partial charge is 0.368 e. The van der Waals surface area contributed by atoms with E-state index < -0.39 is 0 Å². The van der Waals surface area contributed by atoms with E-state index >= 15 is 0 Å². The molecule has 0 bridgehead atoms. The number of morpholine rings is 1. The van der Waals surface area contributed by atoms with Gasteiger partial charge in [0.15, 0.2) is 0 Å². The summed E-state index contributed by atoms with van der Waals surface area (Å²) < 4.78 is 7.84. The summed E-state index contributed by atoms with van der Waals surface area (Å²) in [6.45, 7) is 8.74. The molecule has 1 aromatic heterocycles. The summed E-state index contributed by atoms with van der Waals surface area (Å²) in [7, 11) is 1.95. The van der Waals surface area contributed by atoms with Gasteiger partial charge in [0.2, 0.25) is 0 Å². The molecule has 0 spiro atoms. The molecule has 114 valence electrons. The van der Waals surface area contributed by atoms with Gasteiger partial charge in [0.1, 0.15) is 0 Å². The van der Waals surface area contributed by atoms with Crippen molar-refractivity contribution in [1.82, 2.24) is 14.7 Å². The SMILES string of the molecule is CCc1nn(C)c(CN2CC(CCl)OC(C)(C)C2)c1Cl. The average molecular weight is 320 g/mol. The molecule has 1 unspecified atom stereocenters. The molecule has 2 rings (SSSR count). The van der Waals surface area contributed by atoms with E-state index in [9.17, 15) is 0 Å². The summed E-state index contributed by atoms with van der Waals surface area (Å²) in [5, 5.41) is 5.26. The zero-order chi connectivity index (χ0) is 14.9. The van der Waals surface area contributed by atoms with E-state index in [1.807, 2.05) is 11.7 Å². The van der Waals surface area contributed by atoms with E-state index in [0.29, 0.717) is 5.88 Å². The molecule has 1 aliphatic heterocycles. The maximum atomic E-state index is 6.42. The van der Waals surface area contributed by atoms with Gasteiger partial charge in [-0.3, -0.25) is 9.58 Å². The summed E-state index contributed by atoms with van der Waals surface area (Å²) in [6, 6.07) is 0. The van der Waals surface area contributed by atoms with Gasteiger partial charge in [-0.05, 0) is 20.3 Å². The number of aromatic nitrogens is 2. The van der Waals surface area contributed by atoms with Crippen LogP contribution < -0.4 is 0 Å². The molecule has 20 heavy (non-hydrogen) atoms. The van der Waals surface area contributed by atoms with Crippen LogP contribution in [0.25, 0.3) is 0 Å². The number of ether oxygens (including phenoxy) is 1. The predicted molar refractivity (Wildman–Crippen MR) is 82.5 cm³/mol. The Morgan fingerprint density at radius 3 is 2.70 bits per heavy atom. The number of halogens is 2. The molecule has 0 saturated carbocycles. The molecule has 4 nitrogen and oxygen atoms in total. The lowest BCUT2D eigenvalue weighted by Gasteiger charge is -2.42. The van der Waals surface area contributed by atoms with Crippen molar-refractivity contribution in [1.29, 1.82) is 0 Å². The highest BCUT2D eigenvalue weighted by Crippen LogP contribution is 2.26. The van der Waals surface area contributed by atoms with Crippen LogP contribution in [0, 0.1) is 0 Å². The Morgan fingerprint density at radius 2 is 2.15 bits per heavy atom. The van der Waals surface area contributed by atoms with Crippen molar-refractivity contribution in [2.24, 2.45) is 7.05 Å². The number of aryl methyl sites for hydroxylation is 2. The molecule has 1 fully saturated rings. The van der Waals surface area contributed by atoms with Crippen LogP contribution in [0.5, 0.6) is 0 Å². The van der Waals surface area contributed by atoms with E-state index in [-0.39, 0.29) is 11.7 Å². The molecule has 0 amide bonds. The summed E-state index contributed by atoms with van der Waals surface area (Å²) in [4.78, 5) is 2.35. The minimum Gasteiger partial charge on any atom is -0.368 e. The van der Waals surface area contributed by atoms with Crippen molar-refractivity contribution in [3.8, 4) is 0 Å². The van der Waals surface area contributed by atoms with Crippen molar-refractivity contribution in [3.05, 3.63) is 16.4 Å². The van der Waals surface area contributed by atoms with Gasteiger partial charge in [-0.15, -0.1) is 11.6 Å². The first-order valence-electron chi connectivity index (χ1n) is 7.02. The third-order valence-corrected chi connectivity index (χ3v) is 4.38. The zero-order valence-corrected chi connectivity index (χ0v) is 14.1. The minimum atomic E-state index is -0.184. The Labute approximate surface area is 131 Å². The molecule has 1 atom stereocenters. The quantitative estimate of drug-likeness (QED) is 0.799. The summed E-state index contributed by atoms with van der Waals surface area (Å²) >= 11 is 12.4. The fourth-order valence-corrected chi connectivity index (χ4v) is 3.33. The second-order valence-corrected chi connectivity index (χ2v) is 6.69. The van der Waals surface area contributed by atoms with Crippen molar-refractivity contribution in [2.75, 3.05) is 19.0 Å². The predicted octanol–water partition coefficient (Wildman–Crippen LogP) is 2.85. The van der Waals surface area contributed by atoms with Gasteiger partial charge in [-0.2, -0.15) is 5.10 Å². The van der Waals surface area contributed by atoms with E-state index in [4.69, 9.17) is 27.9 Å². The van der Waals surface area contributed by atoms with Gasteiger partial charge < -0.3 is 4.74 Å². The van der Waals surface area contributed by atoms with Crippen molar-refractivity contribution < 1.29 is 4.74 Å². The van der Waals surface area contributed by atoms with Crippen LogP contribution >= 0.6 is 23.2 Å². The first kappa shape index (κ1) is 16.1. The Bertz CT molecular complexity index is 473. The van der Waals surface area contributed by atoms with Gasteiger partial charge in [-0.1, -0.05) is 18.5 Å². The Hall–Kier alpha value is -0.290. The minimum absolute atomic E-state index is 0.0677. The van der Waals surface area contributed by atoms with Crippen molar-refractivity contribution in [3.63, 3.8) is 0 Å². The van der Waals surface area contributed by atoms with Crippen LogP contribution in [0.1, 0.15) is 32.2 Å². The lowest BCUT2D eigenvalue weighted by molar-refractivity contribution is -0.129. The molecule has 0 radical (unpaired) electrons. The average Bonchev–Trinajstić information content (AvgIpc) is 2.64. The van der Waals surface area contributed by atoms with E-state index in [0.717, 1.165) is 42.5 Å². The van der Waals surface area contributed by atoms with Gasteiger partial charge in [0, 0.05) is 32.6 Å². The molecule has 0 N–H and O–H groups in total. The van der Waals surface area contributed by atoms with Crippen molar-refractivity contribution in [2.45, 2.75) is 45.4 Å². The van der Waals surface area contributed by atoms with Gasteiger partial charge in [0.05, 0.1) is 28.1 Å². The number of alkyl halides is 1. The lowest BCUT2D eigenvalue weighted by atomic mass is 10.1. The molecular weight excluding hydrogens is 297 g/mol. The number of nitrogens with zero attached hydrogens (tertiary/aromatic N) is 3. The maximum absolute atomic E-state index is 6.42. The molecule has 6 heteroatoms. The first-order valence-corrected chi connectivity index (χ1v) is 7.94. The third kappa shape index (κ3) is 3.48. The van der Waals surface area contributed by atoms with Gasteiger partial charge >= 0.3 is 0 Å². The normalized spacial score (nSPS) is 23.2. The maximum Gasteiger partial charge on any atom is 0.0863 e. The van der Waals surface area contributed by atoms with Crippen LogP contribution in [0.15, 0.2) is 0 Å². The molecule has 0 aliphatic carbocycles. The highest BCUT2D eigenvalue weighted by molar-refractivity contribution is 6.31. The van der Waals surface area contributed by atoms with Gasteiger partial charge in [-0.25, -0.2) is 0 Å². The van der Waals surface area contributed by atoms with Crippen LogP contribution in [0.3, 0.4) is 0 Å². The van der Waals surface area contributed by atoms with Crippen molar-refractivity contribution >= 4 is 23.2 Å². The topological polar surface area (TPSA) is 30.3 Å². The molecule has 1 aliphatic rings. The summed E-state index contributed by atoms with van der Waals surface area (Å²) in [6.07, 6.45) is 0.920. The zero-order valence-electron chi connectivity index (χ0n) is 12.6. The Balaban J connectivity index is 2.15. The van der Waals surface area contributed by atoms with Crippen LogP contribution in [-0.4, -0.2) is 45.4 Å². The molecule has 2 heterocycles. The molecule has 1 saturated heterocycles. The van der Waals surface area contributed by atoms with Crippen LogP contribution in [0.4, 0.5) is 0 Å². The molecule has 1 aromatic rings. The second-order valence-electron chi connectivity index (χ2n) is 6.01. The summed E-state index contributed by atoms with van der Waals surface area (Å²) in [5.41, 5.74) is 1.84. The number of hydrogen-bond acceptors (Lipinski definition) is 3. The van der Waals surface area contributed by atoms with E-state index in [1.54, 1.807) is 0 Å². The molecular formula is C14H23Cl2N3O. The number of rotatable bonds is 4. The van der Waals surface area contributed by atoms with E-state index in [2.05, 4.69) is 30.8 Å². The second kappa shape index (κ2) is 6.22. The standard InChI is InChI=1S/C14H23Cl2N3O/c1-5-11-13(16)12(18(4)17-11)8-19-7-10(6-15)20-14(2,3)9-19/h10H,5-9H2,1-4H3. The highest BCUT2D eigenvalue weighted by atomic mass is 35.5. The van der Waals surface area contributed by atoms with Crippen LogP contribution in [-0.2, 0) is 24.8 Å². The Kier molecular flexibility index (Phi) is 5.00. The van der Waals surface area contributed by atoms with E-state index in [1.165, 1.54) is 0 Å². The first-order chi connectivity index (χ1) is 9.36. The molecule has 0 aromatic carbocycles. The fourth-order valence-electron chi connectivity index (χ4n) is 2.82.